The maximum Gasteiger partial charge on any atom is 0.255 e. The number of benzene rings is 3. The van der Waals surface area contributed by atoms with Gasteiger partial charge in [0.25, 0.3) is 11.8 Å². The van der Waals surface area contributed by atoms with Crippen LogP contribution in [0.2, 0.25) is 0 Å². The van der Waals surface area contributed by atoms with Gasteiger partial charge in [0.1, 0.15) is 17.5 Å². The first-order chi connectivity index (χ1) is 16.5. The van der Waals surface area contributed by atoms with Gasteiger partial charge in [0.2, 0.25) is 5.91 Å². The predicted octanol–water partition coefficient (Wildman–Crippen LogP) is 4.10. The fourth-order valence-electron chi connectivity index (χ4n) is 3.28. The molecular formula is C26H27N3O5. The smallest absolute Gasteiger partial charge is 0.255 e. The van der Waals surface area contributed by atoms with Crippen LogP contribution in [0.4, 0.5) is 11.4 Å². The highest BCUT2D eigenvalue weighted by molar-refractivity contribution is 6.10. The van der Waals surface area contributed by atoms with Gasteiger partial charge in [0.15, 0.2) is 0 Å². The topological polar surface area (TPSA) is 106 Å². The summed E-state index contributed by atoms with van der Waals surface area (Å²) in [5.41, 5.74) is 1.50. The Balaban J connectivity index is 1.72. The van der Waals surface area contributed by atoms with Crippen LogP contribution in [-0.4, -0.2) is 38.0 Å². The molecule has 3 N–H and O–H groups in total. The Bertz CT molecular complexity index is 1160. The van der Waals surface area contributed by atoms with E-state index in [9.17, 15) is 14.4 Å². The zero-order valence-electron chi connectivity index (χ0n) is 19.3. The minimum Gasteiger partial charge on any atom is -0.497 e. The fraction of sp³-hybridized carbons (Fsp3) is 0.192. The quantitative estimate of drug-likeness (QED) is 0.445. The van der Waals surface area contributed by atoms with Crippen LogP contribution in [0.1, 0.15) is 34.1 Å². The molecule has 0 heterocycles. The number of carbonyl (C=O) groups excluding carboxylic acids is 3. The van der Waals surface area contributed by atoms with Crippen molar-refractivity contribution in [1.29, 1.82) is 0 Å². The predicted molar refractivity (Wildman–Crippen MR) is 131 cm³/mol. The van der Waals surface area contributed by atoms with Crippen LogP contribution in [0.15, 0.2) is 72.8 Å². The molecule has 0 fully saturated rings. The third-order valence-corrected chi connectivity index (χ3v) is 5.17. The zero-order valence-corrected chi connectivity index (χ0v) is 19.3. The molecular weight excluding hydrogens is 434 g/mol. The molecule has 0 spiro atoms. The van der Waals surface area contributed by atoms with Crippen molar-refractivity contribution >= 4 is 29.1 Å². The minimum atomic E-state index is -0.789. The number of carbonyl (C=O) groups is 3. The molecule has 3 aromatic carbocycles. The van der Waals surface area contributed by atoms with Gasteiger partial charge in [-0.3, -0.25) is 14.4 Å². The summed E-state index contributed by atoms with van der Waals surface area (Å²) in [4.78, 5) is 38.5. The Morgan fingerprint density at radius 1 is 0.765 bits per heavy atom. The van der Waals surface area contributed by atoms with Gasteiger partial charge < -0.3 is 25.4 Å². The Morgan fingerprint density at radius 3 is 2.06 bits per heavy atom. The van der Waals surface area contributed by atoms with Crippen molar-refractivity contribution in [2.75, 3.05) is 24.9 Å². The summed E-state index contributed by atoms with van der Waals surface area (Å²) in [6.45, 7) is 1.80. The van der Waals surface area contributed by atoms with Crippen molar-refractivity contribution in [2.24, 2.45) is 0 Å². The lowest BCUT2D eigenvalue weighted by Gasteiger charge is -2.19. The van der Waals surface area contributed by atoms with Crippen molar-refractivity contribution < 1.29 is 23.9 Å². The molecule has 3 amide bonds. The number of ether oxygens (including phenoxy) is 2. The molecule has 0 aliphatic carbocycles. The lowest BCUT2D eigenvalue weighted by Crippen LogP contribution is -2.43. The van der Waals surface area contributed by atoms with Crippen molar-refractivity contribution in [3.8, 4) is 11.5 Å². The van der Waals surface area contributed by atoms with E-state index in [1.807, 2.05) is 0 Å². The second kappa shape index (κ2) is 11.5. The first kappa shape index (κ1) is 24.3. The van der Waals surface area contributed by atoms with E-state index in [1.165, 1.54) is 7.11 Å². The Hall–Kier alpha value is -4.33. The van der Waals surface area contributed by atoms with E-state index in [-0.39, 0.29) is 17.4 Å². The summed E-state index contributed by atoms with van der Waals surface area (Å²) in [5.74, 6) is -0.0754. The molecule has 0 saturated heterocycles. The molecule has 0 aliphatic rings. The van der Waals surface area contributed by atoms with Crippen LogP contribution in [0.5, 0.6) is 11.5 Å². The summed E-state index contributed by atoms with van der Waals surface area (Å²) in [6, 6.07) is 19.5. The average Bonchev–Trinajstić information content (AvgIpc) is 2.87. The normalized spacial score (nSPS) is 11.1. The minimum absolute atomic E-state index is 0.243. The first-order valence-electron chi connectivity index (χ1n) is 10.8. The first-order valence-corrected chi connectivity index (χ1v) is 10.8. The van der Waals surface area contributed by atoms with Gasteiger partial charge in [-0.2, -0.15) is 0 Å². The van der Waals surface area contributed by atoms with Crippen LogP contribution in [-0.2, 0) is 4.79 Å². The van der Waals surface area contributed by atoms with Gasteiger partial charge in [-0.05, 0) is 55.0 Å². The van der Waals surface area contributed by atoms with Gasteiger partial charge >= 0.3 is 0 Å². The lowest BCUT2D eigenvalue weighted by atomic mass is 10.1. The second-order valence-corrected chi connectivity index (χ2v) is 7.35. The van der Waals surface area contributed by atoms with Crippen molar-refractivity contribution in [3.05, 3.63) is 83.9 Å². The van der Waals surface area contributed by atoms with Gasteiger partial charge in [0, 0.05) is 5.56 Å². The van der Waals surface area contributed by atoms with Gasteiger partial charge in [0.05, 0.1) is 31.2 Å². The van der Waals surface area contributed by atoms with E-state index in [0.717, 1.165) is 0 Å². The van der Waals surface area contributed by atoms with Gasteiger partial charge in [-0.15, -0.1) is 0 Å². The molecule has 0 saturated carbocycles. The number of hydrogen-bond donors (Lipinski definition) is 3. The molecule has 0 radical (unpaired) electrons. The monoisotopic (exact) mass is 461 g/mol. The Kier molecular flexibility index (Phi) is 8.23. The number of hydrogen-bond acceptors (Lipinski definition) is 5. The summed E-state index contributed by atoms with van der Waals surface area (Å²) in [7, 11) is 3.06. The number of nitrogens with one attached hydrogen (secondary N) is 3. The SMILES string of the molecule is CC[C@@H](NC(=O)c1ccccc1NC(=O)c1ccc(OC)cc1)C(=O)Nc1ccccc1OC. The zero-order chi connectivity index (χ0) is 24.5. The molecule has 34 heavy (non-hydrogen) atoms. The summed E-state index contributed by atoms with van der Waals surface area (Å²) in [5, 5.41) is 8.30. The van der Waals surface area contributed by atoms with Crippen LogP contribution < -0.4 is 25.4 Å². The van der Waals surface area contributed by atoms with Gasteiger partial charge in [-0.1, -0.05) is 31.2 Å². The Morgan fingerprint density at radius 2 is 1.41 bits per heavy atom. The third-order valence-electron chi connectivity index (χ3n) is 5.17. The van der Waals surface area contributed by atoms with E-state index in [2.05, 4.69) is 16.0 Å². The summed E-state index contributed by atoms with van der Waals surface area (Å²) < 4.78 is 10.4. The van der Waals surface area contributed by atoms with E-state index in [0.29, 0.717) is 34.9 Å². The van der Waals surface area contributed by atoms with E-state index >= 15 is 0 Å². The van der Waals surface area contributed by atoms with Crippen LogP contribution in [0.25, 0.3) is 0 Å². The van der Waals surface area contributed by atoms with Crippen molar-refractivity contribution in [2.45, 2.75) is 19.4 Å². The number of anilines is 2. The van der Waals surface area contributed by atoms with E-state index in [4.69, 9.17) is 9.47 Å². The van der Waals surface area contributed by atoms with Crippen molar-refractivity contribution in [3.63, 3.8) is 0 Å². The average molecular weight is 462 g/mol. The lowest BCUT2D eigenvalue weighted by molar-refractivity contribution is -0.118. The molecule has 176 valence electrons. The maximum atomic E-state index is 13.0. The molecule has 3 rings (SSSR count). The number of rotatable bonds is 9. The molecule has 1 atom stereocenters. The van der Waals surface area contributed by atoms with Crippen LogP contribution in [0.3, 0.4) is 0 Å². The standard InChI is InChI=1S/C26H27N3O5/c1-4-20(26(32)29-22-11-7-8-12-23(22)34-3)27-25(31)19-9-5-6-10-21(19)28-24(30)17-13-15-18(33-2)16-14-17/h5-16,20H,4H2,1-3H3,(H,27,31)(H,28,30)(H,29,32)/t20-/m1/s1. The summed E-state index contributed by atoms with van der Waals surface area (Å²) >= 11 is 0. The highest BCUT2D eigenvalue weighted by atomic mass is 16.5. The van der Waals surface area contributed by atoms with Crippen molar-refractivity contribution in [1.82, 2.24) is 5.32 Å². The molecule has 8 heteroatoms. The molecule has 0 aliphatic heterocycles. The Labute approximate surface area is 198 Å². The maximum absolute atomic E-state index is 13.0. The largest absolute Gasteiger partial charge is 0.497 e. The summed E-state index contributed by atoms with van der Waals surface area (Å²) in [6.07, 6.45) is 0.368. The number of methoxy groups -OCH3 is 2. The van der Waals surface area contributed by atoms with Crippen LogP contribution in [0, 0.1) is 0 Å². The van der Waals surface area contributed by atoms with E-state index in [1.54, 1.807) is 86.8 Å². The molecule has 0 bridgehead atoms. The highest BCUT2D eigenvalue weighted by Crippen LogP contribution is 2.23. The molecule has 3 aromatic rings. The molecule has 0 aromatic heterocycles. The van der Waals surface area contributed by atoms with Crippen LogP contribution >= 0.6 is 0 Å². The number of amides is 3. The van der Waals surface area contributed by atoms with Gasteiger partial charge in [-0.25, -0.2) is 0 Å². The molecule has 8 nitrogen and oxygen atoms in total. The third kappa shape index (κ3) is 5.92. The number of para-hydroxylation sites is 3. The fourth-order valence-corrected chi connectivity index (χ4v) is 3.28. The highest BCUT2D eigenvalue weighted by Gasteiger charge is 2.22. The molecule has 0 unspecified atom stereocenters. The van der Waals surface area contributed by atoms with E-state index < -0.39 is 11.9 Å². The second-order valence-electron chi connectivity index (χ2n) is 7.35.